The van der Waals surface area contributed by atoms with Crippen LogP contribution in [0.5, 0.6) is 5.88 Å². The molecule has 2 aromatic rings. The van der Waals surface area contributed by atoms with E-state index in [0.29, 0.717) is 35.5 Å². The Morgan fingerprint density at radius 3 is 2.61 bits per heavy atom. The van der Waals surface area contributed by atoms with Crippen LogP contribution in [0.3, 0.4) is 0 Å². The zero-order valence-corrected chi connectivity index (χ0v) is 10.1. The average Bonchev–Trinajstić information content (AvgIpc) is 2.38. The quantitative estimate of drug-likeness (QED) is 0.848. The topological polar surface area (TPSA) is 96.0 Å². The first-order valence-electron chi connectivity index (χ1n) is 5.23. The van der Waals surface area contributed by atoms with Gasteiger partial charge in [-0.05, 0) is 6.07 Å². The minimum Gasteiger partial charge on any atom is -0.480 e. The van der Waals surface area contributed by atoms with Crippen molar-refractivity contribution in [2.24, 2.45) is 0 Å². The Morgan fingerprint density at radius 2 is 2.00 bits per heavy atom. The molecule has 0 spiro atoms. The van der Waals surface area contributed by atoms with Gasteiger partial charge in [-0.1, -0.05) is 0 Å². The number of rotatable bonds is 4. The highest BCUT2D eigenvalue weighted by Gasteiger charge is 2.07. The monoisotopic (exact) mass is 247 g/mol. The zero-order chi connectivity index (χ0) is 13.0. The van der Waals surface area contributed by atoms with E-state index in [9.17, 15) is 0 Å². The number of nitrogens with zero attached hydrogens (tertiary/aromatic N) is 4. The number of aromatic nitrogens is 4. The smallest absolute Gasteiger partial charge is 0.233 e. The lowest BCUT2D eigenvalue weighted by molar-refractivity contribution is 0.181. The van der Waals surface area contributed by atoms with Gasteiger partial charge in [0.2, 0.25) is 5.88 Å². The molecule has 0 aliphatic heterocycles. The molecule has 0 unspecified atom stereocenters. The number of nitrogen functional groups attached to an aromatic ring is 1. The van der Waals surface area contributed by atoms with Crippen molar-refractivity contribution in [1.82, 2.24) is 20.2 Å². The Balaban J connectivity index is 2.36. The van der Waals surface area contributed by atoms with Gasteiger partial charge in [0, 0.05) is 19.2 Å². The van der Waals surface area contributed by atoms with Crippen LogP contribution in [0.2, 0.25) is 0 Å². The summed E-state index contributed by atoms with van der Waals surface area (Å²) in [5, 5.41) is 7.82. The average molecular weight is 247 g/mol. The molecule has 0 radical (unpaired) electrons. The summed E-state index contributed by atoms with van der Waals surface area (Å²) in [6.45, 7) is 0.364. The second-order valence-corrected chi connectivity index (χ2v) is 3.50. The first-order chi connectivity index (χ1) is 8.72. The molecule has 0 atom stereocenters. The van der Waals surface area contributed by atoms with Crippen molar-refractivity contribution in [3.05, 3.63) is 23.9 Å². The van der Waals surface area contributed by atoms with Crippen molar-refractivity contribution < 1.29 is 9.47 Å². The lowest BCUT2D eigenvalue weighted by atomic mass is 10.3. The van der Waals surface area contributed by atoms with E-state index in [1.54, 1.807) is 25.3 Å². The molecular formula is C11H13N5O2. The Morgan fingerprint density at radius 1 is 1.17 bits per heavy atom. The number of ether oxygens (including phenoxy) is 2. The lowest BCUT2D eigenvalue weighted by Gasteiger charge is -2.04. The van der Waals surface area contributed by atoms with Gasteiger partial charge in [0.25, 0.3) is 0 Å². The van der Waals surface area contributed by atoms with Gasteiger partial charge in [-0.2, -0.15) is 0 Å². The van der Waals surface area contributed by atoms with E-state index in [0.717, 1.165) is 0 Å². The van der Waals surface area contributed by atoms with Gasteiger partial charge in [0.1, 0.15) is 11.5 Å². The molecule has 0 bridgehead atoms. The zero-order valence-electron chi connectivity index (χ0n) is 10.1. The molecule has 0 aromatic carbocycles. The second kappa shape index (κ2) is 5.37. The van der Waals surface area contributed by atoms with E-state index in [-0.39, 0.29) is 0 Å². The summed E-state index contributed by atoms with van der Waals surface area (Å²) in [6.07, 6.45) is 0. The Kier molecular flexibility index (Phi) is 3.63. The van der Waals surface area contributed by atoms with Crippen LogP contribution in [0.25, 0.3) is 11.5 Å². The molecule has 2 N–H and O–H groups in total. The first kappa shape index (κ1) is 12.2. The van der Waals surface area contributed by atoms with Gasteiger partial charge >= 0.3 is 0 Å². The van der Waals surface area contributed by atoms with Crippen LogP contribution >= 0.6 is 0 Å². The molecule has 0 amide bonds. The normalized spacial score (nSPS) is 10.3. The number of hydrogen-bond acceptors (Lipinski definition) is 7. The minimum absolute atomic E-state index is 0.364. The van der Waals surface area contributed by atoms with Crippen LogP contribution in [-0.4, -0.2) is 34.4 Å². The third kappa shape index (κ3) is 2.69. The third-order valence-corrected chi connectivity index (χ3v) is 2.17. The standard InChI is InChI=1S/C11H13N5O2/c1-17-6-7-5-9(12)14-11(13-7)8-3-4-10(18-2)16-15-8/h3-5H,6H2,1-2H3,(H2,12,13,14). The molecule has 0 saturated carbocycles. The SMILES string of the molecule is COCc1cc(N)nc(-c2ccc(OC)nn2)n1. The van der Waals surface area contributed by atoms with E-state index in [1.807, 2.05) is 0 Å². The van der Waals surface area contributed by atoms with Gasteiger partial charge in [0.15, 0.2) is 5.82 Å². The van der Waals surface area contributed by atoms with Crippen LogP contribution in [0, 0.1) is 0 Å². The molecule has 18 heavy (non-hydrogen) atoms. The molecule has 0 saturated heterocycles. The van der Waals surface area contributed by atoms with Crippen molar-refractivity contribution in [1.29, 1.82) is 0 Å². The molecule has 7 heteroatoms. The molecule has 2 heterocycles. The van der Waals surface area contributed by atoms with Crippen LogP contribution in [0.15, 0.2) is 18.2 Å². The molecule has 0 aliphatic rings. The predicted octanol–water partition coefficient (Wildman–Crippen LogP) is 0.671. The number of nitrogens with two attached hydrogens (primary N) is 1. The van der Waals surface area contributed by atoms with Crippen LogP contribution in [0.4, 0.5) is 5.82 Å². The maximum atomic E-state index is 5.70. The Hall–Kier alpha value is -2.28. The van der Waals surface area contributed by atoms with E-state index in [2.05, 4.69) is 20.2 Å². The van der Waals surface area contributed by atoms with E-state index in [4.69, 9.17) is 15.2 Å². The largest absolute Gasteiger partial charge is 0.480 e. The number of anilines is 1. The highest BCUT2D eigenvalue weighted by Crippen LogP contribution is 2.16. The molecule has 2 rings (SSSR count). The Bertz CT molecular complexity index is 529. The van der Waals surface area contributed by atoms with Crippen molar-refractivity contribution in [2.75, 3.05) is 20.0 Å². The summed E-state index contributed by atoms with van der Waals surface area (Å²) in [7, 11) is 3.11. The second-order valence-electron chi connectivity index (χ2n) is 3.50. The summed E-state index contributed by atoms with van der Waals surface area (Å²) in [4.78, 5) is 8.40. The van der Waals surface area contributed by atoms with E-state index >= 15 is 0 Å². The van der Waals surface area contributed by atoms with Crippen LogP contribution in [-0.2, 0) is 11.3 Å². The van der Waals surface area contributed by atoms with Crippen LogP contribution < -0.4 is 10.5 Å². The highest BCUT2D eigenvalue weighted by atomic mass is 16.5. The molecule has 0 fully saturated rings. The predicted molar refractivity (Wildman–Crippen MR) is 64.7 cm³/mol. The molecule has 7 nitrogen and oxygen atoms in total. The van der Waals surface area contributed by atoms with E-state index in [1.165, 1.54) is 7.11 Å². The fourth-order valence-corrected chi connectivity index (χ4v) is 1.40. The van der Waals surface area contributed by atoms with Crippen molar-refractivity contribution >= 4 is 5.82 Å². The highest BCUT2D eigenvalue weighted by molar-refractivity contribution is 5.51. The number of methoxy groups -OCH3 is 2. The van der Waals surface area contributed by atoms with Crippen molar-refractivity contribution in [3.8, 4) is 17.4 Å². The van der Waals surface area contributed by atoms with Crippen LogP contribution in [0.1, 0.15) is 5.69 Å². The summed E-state index contributed by atoms with van der Waals surface area (Å²) in [5.41, 5.74) is 6.92. The fraction of sp³-hybridized carbons (Fsp3) is 0.273. The molecular weight excluding hydrogens is 234 g/mol. The molecule has 2 aromatic heterocycles. The maximum Gasteiger partial charge on any atom is 0.233 e. The van der Waals surface area contributed by atoms with Crippen molar-refractivity contribution in [2.45, 2.75) is 6.61 Å². The van der Waals surface area contributed by atoms with Crippen molar-refractivity contribution in [3.63, 3.8) is 0 Å². The van der Waals surface area contributed by atoms with Gasteiger partial charge in [-0.15, -0.1) is 10.2 Å². The summed E-state index contributed by atoms with van der Waals surface area (Å²) < 4.78 is 9.94. The lowest BCUT2D eigenvalue weighted by Crippen LogP contribution is -2.03. The first-order valence-corrected chi connectivity index (χ1v) is 5.23. The maximum absolute atomic E-state index is 5.70. The Labute approximate surface area is 104 Å². The summed E-state index contributed by atoms with van der Waals surface area (Å²) in [5.74, 6) is 1.21. The van der Waals surface area contributed by atoms with Gasteiger partial charge in [0.05, 0.1) is 19.4 Å². The van der Waals surface area contributed by atoms with Gasteiger partial charge in [-0.25, -0.2) is 9.97 Å². The molecule has 0 aliphatic carbocycles. The van der Waals surface area contributed by atoms with E-state index < -0.39 is 0 Å². The third-order valence-electron chi connectivity index (χ3n) is 2.17. The summed E-state index contributed by atoms with van der Waals surface area (Å²) in [6, 6.07) is 5.06. The summed E-state index contributed by atoms with van der Waals surface area (Å²) >= 11 is 0. The fourth-order valence-electron chi connectivity index (χ4n) is 1.40. The molecule has 94 valence electrons. The minimum atomic E-state index is 0.364. The number of hydrogen-bond donors (Lipinski definition) is 1. The van der Waals surface area contributed by atoms with Gasteiger partial charge < -0.3 is 15.2 Å². The van der Waals surface area contributed by atoms with Gasteiger partial charge in [-0.3, -0.25) is 0 Å².